The van der Waals surface area contributed by atoms with Crippen LogP contribution < -0.4 is 5.73 Å². The van der Waals surface area contributed by atoms with Crippen molar-refractivity contribution < 1.29 is 0 Å². The molecule has 0 saturated carbocycles. The van der Waals surface area contributed by atoms with Crippen LogP contribution in [0.2, 0.25) is 0 Å². The standard InChI is InChI=1S/C9H18N2/c1-6(2)7(3)8(4)11-9(5)10/h6H,1-5H3,(H2,10,11)/b8-7+. The highest BCUT2D eigenvalue weighted by atomic mass is 14.8. The Hall–Kier alpha value is -0.790. The van der Waals surface area contributed by atoms with E-state index in [4.69, 9.17) is 5.73 Å². The molecule has 0 heterocycles. The Bertz CT molecular complexity index is 184. The lowest BCUT2D eigenvalue weighted by Gasteiger charge is -2.07. The van der Waals surface area contributed by atoms with Gasteiger partial charge in [-0.05, 0) is 32.3 Å². The molecule has 0 radical (unpaired) electrons. The van der Waals surface area contributed by atoms with Crippen molar-refractivity contribution in [2.45, 2.75) is 34.6 Å². The minimum atomic E-state index is 0.554. The lowest BCUT2D eigenvalue weighted by molar-refractivity contribution is 0.754. The molecule has 2 nitrogen and oxygen atoms in total. The second kappa shape index (κ2) is 4.16. The Morgan fingerprint density at radius 2 is 1.64 bits per heavy atom. The third kappa shape index (κ3) is 3.81. The van der Waals surface area contributed by atoms with E-state index >= 15 is 0 Å². The summed E-state index contributed by atoms with van der Waals surface area (Å²) in [6.45, 7) is 10.2. The van der Waals surface area contributed by atoms with Crippen LogP contribution in [0, 0.1) is 5.92 Å². The summed E-state index contributed by atoms with van der Waals surface area (Å²) in [7, 11) is 0. The molecular weight excluding hydrogens is 136 g/mol. The number of amidine groups is 1. The predicted octanol–water partition coefficient (Wildman–Crippen LogP) is 2.31. The van der Waals surface area contributed by atoms with E-state index in [1.54, 1.807) is 6.92 Å². The van der Waals surface area contributed by atoms with Gasteiger partial charge in [0, 0.05) is 5.70 Å². The highest BCUT2D eigenvalue weighted by Crippen LogP contribution is 2.14. The maximum Gasteiger partial charge on any atom is 0.0960 e. The van der Waals surface area contributed by atoms with Gasteiger partial charge in [0.25, 0.3) is 0 Å². The fourth-order valence-corrected chi connectivity index (χ4v) is 0.770. The minimum Gasteiger partial charge on any atom is -0.387 e. The normalized spacial score (nSPS) is 15.3. The van der Waals surface area contributed by atoms with Crippen molar-refractivity contribution in [3.8, 4) is 0 Å². The Morgan fingerprint density at radius 1 is 1.18 bits per heavy atom. The van der Waals surface area contributed by atoms with Crippen molar-refractivity contribution in [1.29, 1.82) is 0 Å². The van der Waals surface area contributed by atoms with E-state index in [0.29, 0.717) is 11.8 Å². The summed E-state index contributed by atoms with van der Waals surface area (Å²) in [5.41, 5.74) is 7.79. The molecule has 0 amide bonds. The molecular formula is C9H18N2. The number of nitrogens with zero attached hydrogens (tertiary/aromatic N) is 1. The topological polar surface area (TPSA) is 38.4 Å². The molecule has 2 N–H and O–H groups in total. The Labute approximate surface area is 69.2 Å². The van der Waals surface area contributed by atoms with Gasteiger partial charge in [-0.1, -0.05) is 13.8 Å². The average molecular weight is 154 g/mol. The van der Waals surface area contributed by atoms with E-state index < -0.39 is 0 Å². The zero-order valence-corrected chi connectivity index (χ0v) is 8.10. The first-order chi connectivity index (χ1) is 4.95. The summed E-state index contributed by atoms with van der Waals surface area (Å²) < 4.78 is 0. The van der Waals surface area contributed by atoms with Crippen molar-refractivity contribution >= 4 is 5.84 Å². The molecule has 11 heavy (non-hydrogen) atoms. The summed E-state index contributed by atoms with van der Waals surface area (Å²) in [6, 6.07) is 0. The fraction of sp³-hybridized carbons (Fsp3) is 0.667. The van der Waals surface area contributed by atoms with Crippen LogP contribution in [-0.2, 0) is 0 Å². The molecule has 0 bridgehead atoms. The number of aliphatic imine (C=N–C) groups is 1. The van der Waals surface area contributed by atoms with Crippen molar-refractivity contribution in [3.63, 3.8) is 0 Å². The van der Waals surface area contributed by atoms with Gasteiger partial charge in [-0.3, -0.25) is 0 Å². The van der Waals surface area contributed by atoms with Gasteiger partial charge in [0.15, 0.2) is 0 Å². The van der Waals surface area contributed by atoms with Gasteiger partial charge in [-0.2, -0.15) is 0 Å². The molecule has 0 aliphatic carbocycles. The van der Waals surface area contributed by atoms with Crippen molar-refractivity contribution in [2.24, 2.45) is 16.6 Å². The maximum atomic E-state index is 5.45. The first-order valence-electron chi connectivity index (χ1n) is 3.93. The third-order valence-corrected chi connectivity index (χ3v) is 1.78. The van der Waals surface area contributed by atoms with E-state index in [0.717, 1.165) is 5.70 Å². The molecule has 0 aromatic carbocycles. The Morgan fingerprint density at radius 3 is 1.91 bits per heavy atom. The molecule has 0 spiro atoms. The Balaban J connectivity index is 4.54. The average Bonchev–Trinajstić information content (AvgIpc) is 1.84. The van der Waals surface area contributed by atoms with Gasteiger partial charge in [0.2, 0.25) is 0 Å². The molecule has 0 aliphatic rings. The second-order valence-corrected chi connectivity index (χ2v) is 3.18. The number of hydrogen-bond donors (Lipinski definition) is 1. The molecule has 0 rings (SSSR count). The van der Waals surface area contributed by atoms with Crippen molar-refractivity contribution in [1.82, 2.24) is 0 Å². The lowest BCUT2D eigenvalue weighted by atomic mass is 10.0. The van der Waals surface area contributed by atoms with Crippen LogP contribution >= 0.6 is 0 Å². The summed E-state index contributed by atoms with van der Waals surface area (Å²) in [5.74, 6) is 1.18. The quantitative estimate of drug-likeness (QED) is 0.481. The van der Waals surface area contributed by atoms with Crippen LogP contribution in [0.3, 0.4) is 0 Å². The third-order valence-electron chi connectivity index (χ3n) is 1.78. The molecule has 0 aromatic heterocycles. The number of hydrogen-bond acceptors (Lipinski definition) is 1. The highest BCUT2D eigenvalue weighted by molar-refractivity contribution is 5.78. The molecule has 2 heteroatoms. The van der Waals surface area contributed by atoms with Crippen LogP contribution in [0.4, 0.5) is 0 Å². The number of allylic oxidation sites excluding steroid dienone is 2. The Kier molecular flexibility index (Phi) is 3.86. The van der Waals surface area contributed by atoms with Gasteiger partial charge < -0.3 is 5.73 Å². The van der Waals surface area contributed by atoms with E-state index in [1.165, 1.54) is 5.57 Å². The molecule has 0 fully saturated rings. The van der Waals surface area contributed by atoms with Crippen LogP contribution in [0.5, 0.6) is 0 Å². The zero-order chi connectivity index (χ0) is 9.02. The molecule has 0 atom stereocenters. The van der Waals surface area contributed by atoms with Gasteiger partial charge in [0.1, 0.15) is 0 Å². The van der Waals surface area contributed by atoms with Crippen LogP contribution in [0.1, 0.15) is 34.6 Å². The number of nitrogens with two attached hydrogens (primary N) is 1. The summed E-state index contributed by atoms with van der Waals surface area (Å²) in [4.78, 5) is 4.17. The van der Waals surface area contributed by atoms with E-state index in [1.807, 2.05) is 6.92 Å². The fourth-order valence-electron chi connectivity index (χ4n) is 0.770. The van der Waals surface area contributed by atoms with Crippen LogP contribution in [0.15, 0.2) is 16.3 Å². The monoisotopic (exact) mass is 154 g/mol. The minimum absolute atomic E-state index is 0.554. The molecule has 0 aromatic rings. The second-order valence-electron chi connectivity index (χ2n) is 3.18. The summed E-state index contributed by atoms with van der Waals surface area (Å²) >= 11 is 0. The van der Waals surface area contributed by atoms with Gasteiger partial charge >= 0.3 is 0 Å². The smallest absolute Gasteiger partial charge is 0.0960 e. The number of rotatable bonds is 2. The first kappa shape index (κ1) is 10.2. The summed E-state index contributed by atoms with van der Waals surface area (Å²) in [6.07, 6.45) is 0. The maximum absolute atomic E-state index is 5.45. The van der Waals surface area contributed by atoms with Gasteiger partial charge in [-0.15, -0.1) is 0 Å². The van der Waals surface area contributed by atoms with Gasteiger partial charge in [0.05, 0.1) is 5.84 Å². The van der Waals surface area contributed by atoms with E-state index in [2.05, 4.69) is 25.8 Å². The van der Waals surface area contributed by atoms with E-state index in [9.17, 15) is 0 Å². The molecule has 64 valence electrons. The van der Waals surface area contributed by atoms with Crippen molar-refractivity contribution in [2.75, 3.05) is 0 Å². The molecule has 0 saturated heterocycles. The highest BCUT2D eigenvalue weighted by Gasteiger charge is 1.99. The molecule has 0 unspecified atom stereocenters. The molecule has 0 aliphatic heterocycles. The first-order valence-corrected chi connectivity index (χ1v) is 3.93. The van der Waals surface area contributed by atoms with Gasteiger partial charge in [-0.25, -0.2) is 4.99 Å². The van der Waals surface area contributed by atoms with E-state index in [-0.39, 0.29) is 0 Å². The summed E-state index contributed by atoms with van der Waals surface area (Å²) in [5, 5.41) is 0. The SMILES string of the molecule is CC(N)=N/C(C)=C(\C)C(C)C. The zero-order valence-electron chi connectivity index (χ0n) is 8.10. The van der Waals surface area contributed by atoms with Crippen LogP contribution in [-0.4, -0.2) is 5.84 Å². The predicted molar refractivity (Wildman–Crippen MR) is 50.5 cm³/mol. The van der Waals surface area contributed by atoms with Crippen molar-refractivity contribution in [3.05, 3.63) is 11.3 Å². The van der Waals surface area contributed by atoms with Crippen LogP contribution in [0.25, 0.3) is 0 Å². The largest absolute Gasteiger partial charge is 0.387 e. The lowest BCUT2D eigenvalue weighted by Crippen LogP contribution is -2.05.